The lowest BCUT2D eigenvalue weighted by Gasteiger charge is -2.32. The number of nitrogens with one attached hydrogen (secondary N) is 1. The van der Waals surface area contributed by atoms with Gasteiger partial charge in [0.15, 0.2) is 0 Å². The van der Waals surface area contributed by atoms with Crippen LogP contribution in [0.1, 0.15) is 54.0 Å². The molecule has 1 aliphatic rings. The van der Waals surface area contributed by atoms with Crippen LogP contribution in [-0.2, 0) is 6.42 Å². The molecule has 0 spiro atoms. The quantitative estimate of drug-likeness (QED) is 0.644. The van der Waals surface area contributed by atoms with E-state index in [2.05, 4.69) is 29.6 Å². The first kappa shape index (κ1) is 17.9. The number of hydrogen-bond donors (Lipinski definition) is 1. The van der Waals surface area contributed by atoms with Crippen LogP contribution < -0.4 is 5.32 Å². The molecule has 0 heterocycles. The Morgan fingerprint density at radius 2 is 1.88 bits per heavy atom. The van der Waals surface area contributed by atoms with E-state index >= 15 is 0 Å². The van der Waals surface area contributed by atoms with Gasteiger partial charge in [0.1, 0.15) is 0 Å². The molecule has 0 radical (unpaired) electrons. The summed E-state index contributed by atoms with van der Waals surface area (Å²) in [5, 5.41) is 4.69. The maximum Gasteiger partial charge on any atom is 0.0595 e. The number of rotatable bonds is 4. The van der Waals surface area contributed by atoms with Gasteiger partial charge in [-0.05, 0) is 66.1 Å². The van der Waals surface area contributed by atoms with Gasteiger partial charge in [0.05, 0.1) is 10.0 Å². The third kappa shape index (κ3) is 3.67. The van der Waals surface area contributed by atoms with Crippen molar-refractivity contribution in [3.05, 3.63) is 68.7 Å². The molecule has 3 rings (SSSR count). The second-order valence-corrected chi connectivity index (χ2v) is 8.00. The number of hydrogen-bond acceptors (Lipinski definition) is 2. The highest BCUT2D eigenvalue weighted by Gasteiger charge is 2.28. The van der Waals surface area contributed by atoms with Gasteiger partial charge in [-0.3, -0.25) is 0 Å². The molecule has 4 heteroatoms. The Kier molecular flexibility index (Phi) is 5.61. The molecule has 0 amide bonds. The summed E-state index contributed by atoms with van der Waals surface area (Å²) >= 11 is 17.6. The molecule has 24 heavy (non-hydrogen) atoms. The molecule has 1 aliphatic carbocycles. The van der Waals surface area contributed by atoms with Crippen LogP contribution in [0.3, 0.4) is 0 Å². The van der Waals surface area contributed by atoms with Crippen molar-refractivity contribution < 1.29 is 0 Å². The van der Waals surface area contributed by atoms with Crippen LogP contribution in [-0.4, -0.2) is 11.9 Å². The van der Waals surface area contributed by atoms with E-state index in [4.69, 9.17) is 35.4 Å². The summed E-state index contributed by atoms with van der Waals surface area (Å²) in [6, 6.07) is 13.2. The smallest absolute Gasteiger partial charge is 0.0595 e. The summed E-state index contributed by atoms with van der Waals surface area (Å²) in [7, 11) is 2.03. The van der Waals surface area contributed by atoms with Crippen molar-refractivity contribution in [2.24, 2.45) is 0 Å². The van der Waals surface area contributed by atoms with Gasteiger partial charge in [-0.1, -0.05) is 59.7 Å². The van der Waals surface area contributed by atoms with E-state index in [1.807, 2.05) is 26.1 Å². The zero-order valence-electron chi connectivity index (χ0n) is 13.9. The molecule has 2 aromatic carbocycles. The average molecular weight is 378 g/mol. The fourth-order valence-electron chi connectivity index (χ4n) is 3.66. The minimum Gasteiger partial charge on any atom is -0.313 e. The van der Waals surface area contributed by atoms with Gasteiger partial charge in [-0.15, -0.1) is 0 Å². The topological polar surface area (TPSA) is 12.0 Å². The Morgan fingerprint density at radius 1 is 1.08 bits per heavy atom. The molecule has 126 valence electrons. The van der Waals surface area contributed by atoms with Crippen molar-refractivity contribution in [3.63, 3.8) is 0 Å². The monoisotopic (exact) mass is 377 g/mol. The van der Waals surface area contributed by atoms with E-state index in [0.717, 1.165) is 24.1 Å². The SMILES string of the molecule is CN[C@H]1CC[C@@H](c2ccc(Cl)c(Cl)c2)c2ccc(CC(C)=S)cc21. The van der Waals surface area contributed by atoms with Crippen molar-refractivity contribution in [3.8, 4) is 0 Å². The van der Waals surface area contributed by atoms with E-state index in [-0.39, 0.29) is 0 Å². The van der Waals surface area contributed by atoms with Crippen molar-refractivity contribution >= 4 is 40.3 Å². The van der Waals surface area contributed by atoms with E-state index in [1.54, 1.807) is 0 Å². The maximum absolute atomic E-state index is 6.24. The first-order valence-electron chi connectivity index (χ1n) is 8.24. The van der Waals surface area contributed by atoms with Gasteiger partial charge in [0.25, 0.3) is 0 Å². The van der Waals surface area contributed by atoms with Crippen molar-refractivity contribution in [2.45, 2.75) is 38.1 Å². The molecule has 0 aromatic heterocycles. The molecule has 0 bridgehead atoms. The number of thiocarbonyl (C=S) groups is 1. The van der Waals surface area contributed by atoms with Crippen LogP contribution in [0.2, 0.25) is 10.0 Å². The van der Waals surface area contributed by atoms with E-state index < -0.39 is 0 Å². The molecule has 0 saturated carbocycles. The second-order valence-electron chi connectivity index (χ2n) is 6.49. The summed E-state index contributed by atoms with van der Waals surface area (Å²) < 4.78 is 0. The minimum absolute atomic E-state index is 0.363. The van der Waals surface area contributed by atoms with Crippen molar-refractivity contribution in [1.29, 1.82) is 0 Å². The lowest BCUT2D eigenvalue weighted by atomic mass is 9.76. The van der Waals surface area contributed by atoms with Gasteiger partial charge < -0.3 is 5.32 Å². The van der Waals surface area contributed by atoms with Crippen molar-refractivity contribution in [1.82, 2.24) is 5.32 Å². The van der Waals surface area contributed by atoms with E-state index in [1.165, 1.54) is 22.3 Å². The fourth-order valence-corrected chi connectivity index (χ4v) is 4.13. The lowest BCUT2D eigenvalue weighted by Crippen LogP contribution is -2.24. The third-order valence-corrected chi connectivity index (χ3v) is 5.68. The van der Waals surface area contributed by atoms with E-state index in [0.29, 0.717) is 22.0 Å². The second kappa shape index (κ2) is 7.53. The Bertz CT molecular complexity index is 772. The zero-order valence-corrected chi connectivity index (χ0v) is 16.2. The molecule has 2 atom stereocenters. The fraction of sp³-hybridized carbons (Fsp3) is 0.350. The minimum atomic E-state index is 0.363. The van der Waals surface area contributed by atoms with Gasteiger partial charge >= 0.3 is 0 Å². The Morgan fingerprint density at radius 3 is 2.54 bits per heavy atom. The van der Waals surface area contributed by atoms with Gasteiger partial charge in [0.2, 0.25) is 0 Å². The average Bonchev–Trinajstić information content (AvgIpc) is 2.55. The van der Waals surface area contributed by atoms with Crippen LogP contribution in [0.5, 0.6) is 0 Å². The summed E-state index contributed by atoms with van der Waals surface area (Å²) in [5.74, 6) is 0.363. The first-order chi connectivity index (χ1) is 11.5. The third-order valence-electron chi connectivity index (χ3n) is 4.79. The highest BCUT2D eigenvalue weighted by molar-refractivity contribution is 7.80. The Hall–Kier alpha value is -0.930. The van der Waals surface area contributed by atoms with Crippen LogP contribution in [0, 0.1) is 0 Å². The number of fused-ring (bicyclic) bond motifs is 1. The number of benzene rings is 2. The summed E-state index contributed by atoms with van der Waals surface area (Å²) in [6.07, 6.45) is 3.06. The standard InChI is InChI=1S/C20H21Cl2NS/c1-12(24)9-13-3-5-16-15(6-8-20(23-2)17(16)10-13)14-4-7-18(21)19(22)11-14/h3-5,7,10-11,15,20,23H,6,8-9H2,1-2H3/t15-,20-/m0/s1. The van der Waals surface area contributed by atoms with Gasteiger partial charge in [-0.2, -0.15) is 0 Å². The number of halogens is 2. The molecular formula is C20H21Cl2NS. The van der Waals surface area contributed by atoms with Gasteiger partial charge in [-0.25, -0.2) is 0 Å². The largest absolute Gasteiger partial charge is 0.313 e. The summed E-state index contributed by atoms with van der Waals surface area (Å²) in [6.45, 7) is 2.00. The summed E-state index contributed by atoms with van der Waals surface area (Å²) in [5.41, 5.74) is 5.29. The predicted octanol–water partition coefficient (Wildman–Crippen LogP) is 6.11. The first-order valence-corrected chi connectivity index (χ1v) is 9.40. The molecule has 1 nitrogen and oxygen atoms in total. The van der Waals surface area contributed by atoms with Crippen molar-refractivity contribution in [2.75, 3.05) is 7.05 Å². The van der Waals surface area contributed by atoms with Crippen LogP contribution in [0.25, 0.3) is 0 Å². The Labute approximate surface area is 159 Å². The maximum atomic E-state index is 6.24. The zero-order chi connectivity index (χ0) is 17.3. The molecule has 0 unspecified atom stereocenters. The lowest BCUT2D eigenvalue weighted by molar-refractivity contribution is 0.470. The van der Waals surface area contributed by atoms with Crippen LogP contribution in [0.4, 0.5) is 0 Å². The van der Waals surface area contributed by atoms with Crippen LogP contribution in [0.15, 0.2) is 36.4 Å². The van der Waals surface area contributed by atoms with Crippen LogP contribution >= 0.6 is 35.4 Å². The molecule has 0 fully saturated rings. The molecule has 0 saturated heterocycles. The highest BCUT2D eigenvalue weighted by atomic mass is 35.5. The van der Waals surface area contributed by atoms with E-state index in [9.17, 15) is 0 Å². The molecule has 1 N–H and O–H groups in total. The highest BCUT2D eigenvalue weighted by Crippen LogP contribution is 2.42. The molecule has 2 aromatic rings. The molecular weight excluding hydrogens is 357 g/mol. The Balaban J connectivity index is 2.03. The summed E-state index contributed by atoms with van der Waals surface area (Å²) in [4.78, 5) is 1.02. The molecule has 0 aliphatic heterocycles. The normalized spacial score (nSPS) is 19.8. The predicted molar refractivity (Wildman–Crippen MR) is 108 cm³/mol. The van der Waals surface area contributed by atoms with Gasteiger partial charge in [0, 0.05) is 18.4 Å².